The highest BCUT2D eigenvalue weighted by molar-refractivity contribution is 8.24. The van der Waals surface area contributed by atoms with Crippen molar-refractivity contribution in [1.29, 1.82) is 0 Å². The molecule has 1 aliphatic rings. The van der Waals surface area contributed by atoms with Gasteiger partial charge in [-0.2, -0.15) is 10.6 Å². The van der Waals surface area contributed by atoms with E-state index in [0.29, 0.717) is 17.7 Å². The second-order valence-corrected chi connectivity index (χ2v) is 10.2. The Labute approximate surface area is 185 Å². The van der Waals surface area contributed by atoms with Gasteiger partial charge >= 0.3 is 0 Å². The van der Waals surface area contributed by atoms with Crippen LogP contribution in [0.5, 0.6) is 0 Å². The van der Waals surface area contributed by atoms with Crippen molar-refractivity contribution < 1.29 is 18.3 Å². The average molecular weight is 453 g/mol. The van der Waals surface area contributed by atoms with E-state index in [9.17, 15) is 18.3 Å². The van der Waals surface area contributed by atoms with E-state index in [0.717, 1.165) is 27.7 Å². The molecule has 1 unspecified atom stereocenters. The number of nitrogens with zero attached hydrogens (tertiary/aromatic N) is 3. The average Bonchev–Trinajstić information content (AvgIpc) is 3.34. The lowest BCUT2D eigenvalue weighted by Gasteiger charge is -2.26. The van der Waals surface area contributed by atoms with Crippen LogP contribution in [0.4, 0.5) is 4.39 Å². The molecule has 0 saturated carbocycles. The first-order valence-corrected chi connectivity index (χ1v) is 12.0. The number of hydrogen-bond donors (Lipinski definition) is 3. The molecule has 2 aromatic heterocycles. The molecule has 1 saturated heterocycles. The smallest absolute Gasteiger partial charge is 0.251 e. The number of halogens is 1. The molecule has 7 nitrogen and oxygen atoms in total. The van der Waals surface area contributed by atoms with Crippen LogP contribution in [0.2, 0.25) is 0 Å². The monoisotopic (exact) mass is 452 g/mol. The Morgan fingerprint density at radius 3 is 2.56 bits per heavy atom. The van der Waals surface area contributed by atoms with Crippen molar-refractivity contribution in [3.63, 3.8) is 0 Å². The van der Waals surface area contributed by atoms with Gasteiger partial charge in [-0.05, 0) is 42.8 Å². The quantitative estimate of drug-likeness (QED) is 0.424. The van der Waals surface area contributed by atoms with Gasteiger partial charge in [0.05, 0.1) is 11.3 Å². The molecule has 0 radical (unpaired) electrons. The normalized spacial score (nSPS) is 18.5. The van der Waals surface area contributed by atoms with E-state index in [4.69, 9.17) is 0 Å². The van der Waals surface area contributed by atoms with Crippen LogP contribution in [0.15, 0.2) is 67.4 Å². The van der Waals surface area contributed by atoms with Gasteiger partial charge in [-0.25, -0.2) is 14.4 Å². The van der Waals surface area contributed by atoms with Gasteiger partial charge in [0.15, 0.2) is 0 Å². The third kappa shape index (κ3) is 3.97. The number of rotatable bonds is 4. The summed E-state index contributed by atoms with van der Waals surface area (Å²) in [6.07, 6.45) is 7.36. The highest BCUT2D eigenvalue weighted by Gasteiger charge is 2.29. The summed E-state index contributed by atoms with van der Waals surface area (Å²) in [4.78, 5) is 21.1. The van der Waals surface area contributed by atoms with Crippen LogP contribution in [-0.2, 0) is 0 Å². The van der Waals surface area contributed by atoms with Gasteiger partial charge in [-0.15, -0.1) is 0 Å². The molecular weight excluding hydrogens is 431 g/mol. The number of carbonyl (C=O) groups is 1. The van der Waals surface area contributed by atoms with Crippen molar-refractivity contribution >= 4 is 27.4 Å². The zero-order chi connectivity index (χ0) is 22.3. The van der Waals surface area contributed by atoms with E-state index in [-0.39, 0.29) is 23.5 Å². The Bertz CT molecular complexity index is 1290. The van der Waals surface area contributed by atoms with E-state index in [1.54, 1.807) is 36.7 Å². The summed E-state index contributed by atoms with van der Waals surface area (Å²) in [5.41, 5.74) is 3.70. The third-order valence-corrected chi connectivity index (χ3v) is 7.47. The molecule has 1 amide bonds. The topological polar surface area (TPSA) is 100 Å². The minimum atomic E-state index is -2.59. The van der Waals surface area contributed by atoms with Crippen molar-refractivity contribution in [3.05, 3.63) is 78.8 Å². The molecule has 1 fully saturated rings. The molecule has 0 spiro atoms. The molecule has 3 heterocycles. The van der Waals surface area contributed by atoms with Crippen LogP contribution < -0.4 is 5.32 Å². The Morgan fingerprint density at radius 1 is 1.12 bits per heavy atom. The first-order chi connectivity index (χ1) is 15.4. The van der Waals surface area contributed by atoms with Gasteiger partial charge < -0.3 is 9.88 Å². The van der Waals surface area contributed by atoms with Crippen molar-refractivity contribution in [1.82, 2.24) is 19.9 Å². The first kappa shape index (κ1) is 20.6. The summed E-state index contributed by atoms with van der Waals surface area (Å²) in [6, 6.07) is 11.3. The van der Waals surface area contributed by atoms with Crippen LogP contribution in [0.3, 0.4) is 0 Å². The predicted octanol–water partition coefficient (Wildman–Crippen LogP) is 4.48. The SMILES string of the molecule is O=C(NC1CCS(O)(O)C1)c1ccc2c(-c3cncnc3)cn(-c3ccc(F)cc3)c2c1. The maximum absolute atomic E-state index is 13.5. The number of benzene rings is 2. The van der Waals surface area contributed by atoms with Crippen LogP contribution >= 0.6 is 10.6 Å². The lowest BCUT2D eigenvalue weighted by Crippen LogP contribution is -2.35. The van der Waals surface area contributed by atoms with E-state index < -0.39 is 10.6 Å². The molecule has 4 aromatic rings. The van der Waals surface area contributed by atoms with Crippen molar-refractivity contribution in [2.45, 2.75) is 12.5 Å². The summed E-state index contributed by atoms with van der Waals surface area (Å²) in [6.45, 7) is 0. The van der Waals surface area contributed by atoms with Crippen molar-refractivity contribution in [3.8, 4) is 16.8 Å². The maximum Gasteiger partial charge on any atom is 0.251 e. The number of aromatic nitrogens is 3. The zero-order valence-corrected chi connectivity index (χ0v) is 17.8. The summed E-state index contributed by atoms with van der Waals surface area (Å²) in [5.74, 6) is -0.104. The maximum atomic E-state index is 13.5. The molecule has 9 heteroatoms. The van der Waals surface area contributed by atoms with Crippen LogP contribution in [-0.4, -0.2) is 47.1 Å². The van der Waals surface area contributed by atoms with E-state index in [2.05, 4.69) is 15.3 Å². The summed E-state index contributed by atoms with van der Waals surface area (Å²) in [5, 5.41) is 3.80. The lowest BCUT2D eigenvalue weighted by molar-refractivity contribution is 0.0941. The fourth-order valence-corrected chi connectivity index (χ4v) is 5.78. The molecule has 5 rings (SSSR count). The third-order valence-electron chi connectivity index (χ3n) is 5.64. The number of carbonyl (C=O) groups excluding carboxylic acids is 1. The fraction of sp³-hybridized carbons (Fsp3) is 0.174. The van der Waals surface area contributed by atoms with Gasteiger partial charge in [-0.3, -0.25) is 13.9 Å². The summed E-state index contributed by atoms with van der Waals surface area (Å²) in [7, 11) is -2.59. The zero-order valence-electron chi connectivity index (χ0n) is 17.0. The molecule has 164 valence electrons. The van der Waals surface area contributed by atoms with Crippen LogP contribution in [0.1, 0.15) is 16.8 Å². The highest BCUT2D eigenvalue weighted by Crippen LogP contribution is 2.45. The van der Waals surface area contributed by atoms with Crippen molar-refractivity contribution in [2.75, 3.05) is 11.5 Å². The van der Waals surface area contributed by atoms with E-state index in [1.807, 2.05) is 16.8 Å². The summed E-state index contributed by atoms with van der Waals surface area (Å²) >= 11 is 0. The minimum absolute atomic E-state index is 0.186. The van der Waals surface area contributed by atoms with Gasteiger partial charge in [0.2, 0.25) is 0 Å². The van der Waals surface area contributed by atoms with Gasteiger partial charge in [0.25, 0.3) is 5.91 Å². The molecule has 2 aromatic carbocycles. The Hall–Kier alpha value is -3.27. The van der Waals surface area contributed by atoms with Crippen LogP contribution in [0, 0.1) is 5.82 Å². The lowest BCUT2D eigenvalue weighted by atomic mass is 10.1. The molecule has 1 aliphatic heterocycles. The van der Waals surface area contributed by atoms with Gasteiger partial charge in [0, 0.05) is 58.1 Å². The predicted molar refractivity (Wildman–Crippen MR) is 123 cm³/mol. The van der Waals surface area contributed by atoms with E-state index in [1.165, 1.54) is 18.5 Å². The second-order valence-electron chi connectivity index (χ2n) is 7.88. The summed E-state index contributed by atoms with van der Waals surface area (Å²) < 4.78 is 35.1. The second kappa shape index (κ2) is 8.01. The molecule has 32 heavy (non-hydrogen) atoms. The van der Waals surface area contributed by atoms with Crippen molar-refractivity contribution in [2.24, 2.45) is 0 Å². The molecule has 0 bridgehead atoms. The largest absolute Gasteiger partial charge is 0.348 e. The molecular formula is C23H21FN4O3S. The number of hydrogen-bond acceptors (Lipinski definition) is 5. The minimum Gasteiger partial charge on any atom is -0.348 e. The Kier molecular flexibility index (Phi) is 5.16. The van der Waals surface area contributed by atoms with Gasteiger partial charge in [-0.1, -0.05) is 6.07 Å². The number of amides is 1. The van der Waals surface area contributed by atoms with E-state index >= 15 is 0 Å². The highest BCUT2D eigenvalue weighted by atomic mass is 32.3. The number of fused-ring (bicyclic) bond motifs is 1. The van der Waals surface area contributed by atoms with Crippen LogP contribution in [0.25, 0.3) is 27.7 Å². The standard InChI is InChI=1S/C23H21FN4O3S/c24-17-2-4-19(5-3-17)28-12-21(16-10-25-14-26-11-16)20-6-1-15(9-22(20)28)23(29)27-18-7-8-32(30,31)13-18/h1-6,9-12,14,18,30-31H,7-8,13H2,(H,27,29). The molecule has 3 N–H and O–H groups in total. The Balaban J connectivity index is 1.57. The molecule has 1 atom stereocenters. The number of nitrogens with one attached hydrogen (secondary N) is 1. The fourth-order valence-electron chi connectivity index (χ4n) is 4.05. The Morgan fingerprint density at radius 2 is 1.88 bits per heavy atom. The van der Waals surface area contributed by atoms with Gasteiger partial charge in [0.1, 0.15) is 12.1 Å². The molecule has 0 aliphatic carbocycles. The first-order valence-electron chi connectivity index (χ1n) is 10.1.